The van der Waals surface area contributed by atoms with Crippen LogP contribution in [0.5, 0.6) is 0 Å². The minimum atomic E-state index is -0.0687. The maximum Gasteiger partial charge on any atom is 0.172 e. The first-order valence-electron chi connectivity index (χ1n) is 4.36. The van der Waals surface area contributed by atoms with Crippen LogP contribution in [0.4, 0.5) is 0 Å². The fourth-order valence-corrected chi connectivity index (χ4v) is 1.53. The van der Waals surface area contributed by atoms with Crippen LogP contribution in [0.2, 0.25) is 5.02 Å². The van der Waals surface area contributed by atoms with Gasteiger partial charge in [0.15, 0.2) is 11.7 Å². The van der Waals surface area contributed by atoms with Crippen molar-refractivity contribution in [3.05, 3.63) is 41.3 Å². The molecule has 82 valence electrons. The molecule has 0 fully saturated rings. The minimum Gasteiger partial charge on any atom is -0.409 e. The third kappa shape index (κ3) is 1.70. The normalized spacial score (nSPS) is 11.7. The number of halogens is 1. The molecule has 0 atom stereocenters. The summed E-state index contributed by atoms with van der Waals surface area (Å²) >= 11 is 6.08. The van der Waals surface area contributed by atoms with Crippen molar-refractivity contribution in [2.24, 2.45) is 10.9 Å². The molecular weight excluding hydrogens is 230 g/mol. The maximum absolute atomic E-state index is 8.60. The molecule has 7 heteroatoms. The van der Waals surface area contributed by atoms with Gasteiger partial charge in [0.05, 0.1) is 5.02 Å². The van der Waals surface area contributed by atoms with Gasteiger partial charge in [0.25, 0.3) is 0 Å². The van der Waals surface area contributed by atoms with Gasteiger partial charge < -0.3 is 10.9 Å². The van der Waals surface area contributed by atoms with Crippen molar-refractivity contribution >= 4 is 17.4 Å². The van der Waals surface area contributed by atoms with Crippen LogP contribution < -0.4 is 5.73 Å². The summed E-state index contributed by atoms with van der Waals surface area (Å²) in [6, 6.07) is 3.30. The topological polar surface area (TPSA) is 89.3 Å². The summed E-state index contributed by atoms with van der Waals surface area (Å²) in [5, 5.41) is 15.8. The van der Waals surface area contributed by atoms with E-state index in [1.165, 1.54) is 10.9 Å². The molecule has 6 nitrogen and oxygen atoms in total. The number of rotatable bonds is 2. The molecule has 0 saturated heterocycles. The van der Waals surface area contributed by atoms with Gasteiger partial charge in [0.2, 0.25) is 0 Å². The average molecular weight is 238 g/mol. The first-order valence-corrected chi connectivity index (χ1v) is 4.74. The molecular formula is C9H8ClN5O. The zero-order chi connectivity index (χ0) is 11.5. The van der Waals surface area contributed by atoms with Crippen molar-refractivity contribution in [1.29, 1.82) is 0 Å². The van der Waals surface area contributed by atoms with Gasteiger partial charge in [-0.15, -0.1) is 0 Å². The van der Waals surface area contributed by atoms with Crippen molar-refractivity contribution in [3.63, 3.8) is 0 Å². The van der Waals surface area contributed by atoms with Crippen LogP contribution in [0.25, 0.3) is 5.82 Å². The van der Waals surface area contributed by atoms with Crippen molar-refractivity contribution in [2.75, 3.05) is 0 Å². The Morgan fingerprint density at radius 3 is 2.94 bits per heavy atom. The van der Waals surface area contributed by atoms with Crippen molar-refractivity contribution < 1.29 is 5.21 Å². The van der Waals surface area contributed by atoms with Gasteiger partial charge in [-0.3, -0.25) is 0 Å². The van der Waals surface area contributed by atoms with E-state index in [1.54, 1.807) is 24.5 Å². The van der Waals surface area contributed by atoms with Crippen LogP contribution in [0.3, 0.4) is 0 Å². The number of oxime groups is 1. The van der Waals surface area contributed by atoms with Crippen molar-refractivity contribution in [2.45, 2.75) is 0 Å². The number of aromatic nitrogens is 3. The molecule has 0 aromatic carbocycles. The Bertz CT molecular complexity index is 523. The lowest BCUT2D eigenvalue weighted by Gasteiger charge is -2.06. The largest absolute Gasteiger partial charge is 0.409 e. The smallest absolute Gasteiger partial charge is 0.172 e. The van der Waals surface area contributed by atoms with Gasteiger partial charge in [-0.05, 0) is 12.1 Å². The van der Waals surface area contributed by atoms with Gasteiger partial charge in [0.1, 0.15) is 0 Å². The van der Waals surface area contributed by atoms with Crippen molar-refractivity contribution in [1.82, 2.24) is 14.8 Å². The SMILES string of the molecule is N/C(=N/O)c1ccnc(-n2cccn2)c1Cl. The number of nitrogens with two attached hydrogens (primary N) is 1. The second-order valence-electron chi connectivity index (χ2n) is 2.93. The fourth-order valence-electron chi connectivity index (χ4n) is 1.24. The summed E-state index contributed by atoms with van der Waals surface area (Å²) in [7, 11) is 0. The molecule has 2 aromatic heterocycles. The highest BCUT2D eigenvalue weighted by molar-refractivity contribution is 6.35. The van der Waals surface area contributed by atoms with Crippen LogP contribution in [-0.4, -0.2) is 25.8 Å². The van der Waals surface area contributed by atoms with Gasteiger partial charge in [-0.25, -0.2) is 9.67 Å². The third-order valence-electron chi connectivity index (χ3n) is 1.98. The van der Waals surface area contributed by atoms with Crippen LogP contribution in [0, 0.1) is 0 Å². The molecule has 3 N–H and O–H groups in total. The summed E-state index contributed by atoms with van der Waals surface area (Å²) in [6.07, 6.45) is 4.81. The Morgan fingerprint density at radius 2 is 2.31 bits per heavy atom. The molecule has 0 aliphatic heterocycles. The summed E-state index contributed by atoms with van der Waals surface area (Å²) < 4.78 is 1.50. The van der Waals surface area contributed by atoms with E-state index in [4.69, 9.17) is 22.5 Å². The summed E-state index contributed by atoms with van der Waals surface area (Å²) in [6.45, 7) is 0. The number of pyridine rings is 1. The molecule has 0 radical (unpaired) electrons. The predicted octanol–water partition coefficient (Wildman–Crippen LogP) is 1.02. The van der Waals surface area contributed by atoms with E-state index >= 15 is 0 Å². The van der Waals surface area contributed by atoms with E-state index < -0.39 is 0 Å². The van der Waals surface area contributed by atoms with E-state index in [-0.39, 0.29) is 10.9 Å². The molecule has 0 bridgehead atoms. The number of hydrogen-bond acceptors (Lipinski definition) is 4. The summed E-state index contributed by atoms with van der Waals surface area (Å²) in [5.74, 6) is 0.358. The maximum atomic E-state index is 8.60. The second-order valence-corrected chi connectivity index (χ2v) is 3.31. The zero-order valence-corrected chi connectivity index (χ0v) is 8.83. The second kappa shape index (κ2) is 4.19. The Morgan fingerprint density at radius 1 is 1.50 bits per heavy atom. The molecule has 0 aliphatic carbocycles. The Hall–Kier alpha value is -2.08. The lowest BCUT2D eigenvalue weighted by atomic mass is 10.2. The van der Waals surface area contributed by atoms with Crippen LogP contribution in [0.15, 0.2) is 35.9 Å². The molecule has 2 rings (SSSR count). The molecule has 0 unspecified atom stereocenters. The van der Waals surface area contributed by atoms with E-state index in [1.807, 2.05) is 0 Å². The first kappa shape index (κ1) is 10.4. The van der Waals surface area contributed by atoms with E-state index in [2.05, 4.69) is 15.2 Å². The van der Waals surface area contributed by atoms with Crippen LogP contribution >= 0.6 is 11.6 Å². The van der Waals surface area contributed by atoms with Gasteiger partial charge in [0, 0.05) is 24.2 Å². The molecule has 2 heterocycles. The molecule has 2 aromatic rings. The van der Waals surface area contributed by atoms with Gasteiger partial charge in [-0.1, -0.05) is 16.8 Å². The first-order chi connectivity index (χ1) is 7.74. The highest BCUT2D eigenvalue weighted by atomic mass is 35.5. The lowest BCUT2D eigenvalue weighted by Crippen LogP contribution is -2.15. The highest BCUT2D eigenvalue weighted by Gasteiger charge is 2.12. The van der Waals surface area contributed by atoms with E-state index in [0.29, 0.717) is 11.4 Å². The van der Waals surface area contributed by atoms with Gasteiger partial charge >= 0.3 is 0 Å². The third-order valence-corrected chi connectivity index (χ3v) is 2.35. The van der Waals surface area contributed by atoms with E-state index in [0.717, 1.165) is 0 Å². The number of hydrogen-bond donors (Lipinski definition) is 2. The van der Waals surface area contributed by atoms with Crippen molar-refractivity contribution in [3.8, 4) is 5.82 Å². The Balaban J connectivity index is 2.58. The minimum absolute atomic E-state index is 0.0687. The molecule has 0 saturated carbocycles. The summed E-state index contributed by atoms with van der Waals surface area (Å²) in [5.41, 5.74) is 5.88. The molecule has 0 amide bonds. The summed E-state index contributed by atoms with van der Waals surface area (Å²) in [4.78, 5) is 4.07. The lowest BCUT2D eigenvalue weighted by molar-refractivity contribution is 0.318. The number of amidine groups is 1. The quantitative estimate of drug-likeness (QED) is 0.353. The molecule has 0 aliphatic rings. The fraction of sp³-hybridized carbons (Fsp3) is 0. The monoisotopic (exact) mass is 237 g/mol. The van der Waals surface area contributed by atoms with Crippen LogP contribution in [0.1, 0.15) is 5.56 Å². The van der Waals surface area contributed by atoms with Crippen LogP contribution in [-0.2, 0) is 0 Å². The standard InChI is InChI=1S/C9H8ClN5O/c10-7-6(8(11)14-16)2-4-12-9(7)15-5-1-3-13-15/h1-5,16H,(H2,11,14). The zero-order valence-electron chi connectivity index (χ0n) is 8.08. The molecule has 0 spiro atoms. The number of nitrogens with zero attached hydrogens (tertiary/aromatic N) is 4. The Labute approximate surface area is 96.0 Å². The Kier molecular flexibility index (Phi) is 2.74. The highest BCUT2D eigenvalue weighted by Crippen LogP contribution is 2.21. The van der Waals surface area contributed by atoms with E-state index in [9.17, 15) is 0 Å². The average Bonchev–Trinajstić information content (AvgIpc) is 2.82. The van der Waals surface area contributed by atoms with Gasteiger partial charge in [-0.2, -0.15) is 5.10 Å². The molecule has 16 heavy (non-hydrogen) atoms. The predicted molar refractivity (Wildman–Crippen MR) is 58.9 cm³/mol.